The van der Waals surface area contributed by atoms with Gasteiger partial charge in [-0.1, -0.05) is 166 Å². The molecule has 10 aromatic rings. The van der Waals surface area contributed by atoms with Gasteiger partial charge in [0.1, 0.15) is 11.3 Å². The number of benzene rings is 9. The van der Waals surface area contributed by atoms with Gasteiger partial charge in [-0.15, -0.1) is 0 Å². The first kappa shape index (κ1) is 33.7. The van der Waals surface area contributed by atoms with Crippen LogP contribution in [-0.4, -0.2) is 0 Å². The Bertz CT molecular complexity index is 3050. The van der Waals surface area contributed by atoms with E-state index >= 15 is 0 Å². The van der Waals surface area contributed by atoms with E-state index in [0.29, 0.717) is 0 Å². The summed E-state index contributed by atoms with van der Waals surface area (Å²) in [5.74, 6) is 0.922. The van der Waals surface area contributed by atoms with Gasteiger partial charge >= 0.3 is 0 Å². The minimum Gasteiger partial charge on any atom is -0.456 e. The Kier molecular flexibility index (Phi) is 8.08. The first-order valence-electron chi connectivity index (χ1n) is 19.4. The number of hydrogen-bond acceptors (Lipinski definition) is 2. The molecule has 268 valence electrons. The summed E-state index contributed by atoms with van der Waals surface area (Å²) in [6.07, 6.45) is 0. The molecular formula is C54H41NO. The van der Waals surface area contributed by atoms with Crippen molar-refractivity contribution in [2.75, 3.05) is 4.90 Å². The third-order valence-electron chi connectivity index (χ3n) is 11.1. The lowest BCUT2D eigenvalue weighted by Crippen LogP contribution is -2.12. The normalized spacial score (nSPS) is 11.8. The molecule has 1 aromatic heterocycles. The van der Waals surface area contributed by atoms with Crippen molar-refractivity contribution in [2.24, 2.45) is 0 Å². The van der Waals surface area contributed by atoms with E-state index in [1.807, 2.05) is 6.07 Å². The summed E-state index contributed by atoms with van der Waals surface area (Å²) in [4.78, 5) is 2.36. The SMILES string of the molecule is CC(C)(C)c1c(-c2cccc(N(c3ccc(-c4cccc5ccccc45)cc3)c3ccc(-c4cc5ccccc5c5ccccc45)cc3)c2)oc2ccccc12. The Morgan fingerprint density at radius 1 is 0.375 bits per heavy atom. The van der Waals surface area contributed by atoms with Crippen LogP contribution < -0.4 is 4.90 Å². The van der Waals surface area contributed by atoms with E-state index in [1.165, 1.54) is 60.1 Å². The van der Waals surface area contributed by atoms with Crippen molar-refractivity contribution in [3.8, 4) is 33.6 Å². The van der Waals surface area contributed by atoms with Crippen molar-refractivity contribution < 1.29 is 4.42 Å². The molecule has 9 aromatic carbocycles. The maximum absolute atomic E-state index is 6.67. The summed E-state index contributed by atoms with van der Waals surface area (Å²) in [6, 6.07) is 70.1. The van der Waals surface area contributed by atoms with Gasteiger partial charge < -0.3 is 9.32 Å². The van der Waals surface area contributed by atoms with Gasteiger partial charge in [-0.2, -0.15) is 0 Å². The molecule has 0 atom stereocenters. The van der Waals surface area contributed by atoms with Gasteiger partial charge in [0.15, 0.2) is 0 Å². The highest BCUT2D eigenvalue weighted by Gasteiger charge is 2.27. The molecule has 0 fully saturated rings. The average molecular weight is 720 g/mol. The van der Waals surface area contributed by atoms with Crippen molar-refractivity contribution in [1.29, 1.82) is 0 Å². The zero-order chi connectivity index (χ0) is 37.8. The van der Waals surface area contributed by atoms with Crippen LogP contribution >= 0.6 is 0 Å². The minimum absolute atomic E-state index is 0.113. The third kappa shape index (κ3) is 5.82. The standard InChI is InChI=1S/C54H41NO/c1-54(2,3)52-49-23-10-11-25-51(49)56-53(52)40-17-12-18-43(34-40)55(41-30-26-37(27-31-41)45-24-13-16-36-14-4-6-19-44(36)45)42-32-28-38(29-33-42)50-35-39-15-5-7-20-46(39)47-21-8-9-22-48(47)50/h4-35H,1-3H3. The Balaban J connectivity index is 1.11. The van der Waals surface area contributed by atoms with Gasteiger partial charge in [0.2, 0.25) is 0 Å². The zero-order valence-electron chi connectivity index (χ0n) is 31.8. The number of nitrogens with zero attached hydrogens (tertiary/aromatic N) is 1. The number of anilines is 3. The molecular weight excluding hydrogens is 679 g/mol. The maximum Gasteiger partial charge on any atom is 0.139 e. The monoisotopic (exact) mass is 719 g/mol. The number of para-hydroxylation sites is 1. The molecule has 0 unspecified atom stereocenters. The van der Waals surface area contributed by atoms with E-state index in [0.717, 1.165) is 39.4 Å². The van der Waals surface area contributed by atoms with Gasteiger partial charge in [-0.25, -0.2) is 0 Å². The van der Waals surface area contributed by atoms with E-state index in [-0.39, 0.29) is 5.41 Å². The molecule has 2 heteroatoms. The van der Waals surface area contributed by atoms with Crippen LogP contribution in [0.4, 0.5) is 17.1 Å². The van der Waals surface area contributed by atoms with Gasteiger partial charge in [-0.05, 0) is 109 Å². The van der Waals surface area contributed by atoms with Crippen LogP contribution in [0.15, 0.2) is 199 Å². The summed E-state index contributed by atoms with van der Waals surface area (Å²) in [7, 11) is 0. The smallest absolute Gasteiger partial charge is 0.139 e. The highest BCUT2D eigenvalue weighted by atomic mass is 16.3. The molecule has 0 spiro atoms. The molecule has 0 bridgehead atoms. The molecule has 0 saturated carbocycles. The van der Waals surface area contributed by atoms with E-state index in [2.05, 4.69) is 214 Å². The predicted molar refractivity (Wildman–Crippen MR) is 238 cm³/mol. The summed E-state index contributed by atoms with van der Waals surface area (Å²) in [5, 5.41) is 8.72. The second kappa shape index (κ2) is 13.4. The predicted octanol–water partition coefficient (Wildman–Crippen LogP) is 15.7. The van der Waals surface area contributed by atoms with E-state index in [1.54, 1.807) is 0 Å². The second-order valence-corrected chi connectivity index (χ2v) is 15.7. The van der Waals surface area contributed by atoms with E-state index < -0.39 is 0 Å². The quantitative estimate of drug-likeness (QED) is 0.159. The molecule has 2 nitrogen and oxygen atoms in total. The largest absolute Gasteiger partial charge is 0.456 e. The molecule has 10 rings (SSSR count). The second-order valence-electron chi connectivity index (χ2n) is 15.7. The van der Waals surface area contributed by atoms with Gasteiger partial charge in [-0.3, -0.25) is 0 Å². The van der Waals surface area contributed by atoms with Crippen LogP contribution in [0.2, 0.25) is 0 Å². The Morgan fingerprint density at radius 3 is 1.64 bits per heavy atom. The zero-order valence-corrected chi connectivity index (χ0v) is 31.8. The Hall–Kier alpha value is -6.90. The lowest BCUT2D eigenvalue weighted by molar-refractivity contribution is 0.568. The number of rotatable bonds is 6. The average Bonchev–Trinajstić information content (AvgIpc) is 3.65. The van der Waals surface area contributed by atoms with Gasteiger partial charge in [0.25, 0.3) is 0 Å². The topological polar surface area (TPSA) is 16.4 Å². The van der Waals surface area contributed by atoms with Crippen LogP contribution in [0.1, 0.15) is 26.3 Å². The molecule has 0 saturated heterocycles. The molecule has 0 amide bonds. The Morgan fingerprint density at radius 2 is 0.929 bits per heavy atom. The molecule has 0 aliphatic heterocycles. The first-order chi connectivity index (χ1) is 27.4. The van der Waals surface area contributed by atoms with Gasteiger partial charge in [0.05, 0.1) is 0 Å². The highest BCUT2D eigenvalue weighted by molar-refractivity contribution is 6.13. The first-order valence-corrected chi connectivity index (χ1v) is 19.4. The molecule has 0 aliphatic rings. The summed E-state index contributed by atoms with van der Waals surface area (Å²) in [6.45, 7) is 6.80. The van der Waals surface area contributed by atoms with Crippen LogP contribution in [-0.2, 0) is 5.41 Å². The maximum atomic E-state index is 6.67. The fraction of sp³-hybridized carbons (Fsp3) is 0.0741. The lowest BCUT2D eigenvalue weighted by Gasteiger charge is -2.27. The number of hydrogen-bond donors (Lipinski definition) is 0. The summed E-state index contributed by atoms with van der Waals surface area (Å²) < 4.78 is 6.67. The highest BCUT2D eigenvalue weighted by Crippen LogP contribution is 2.44. The summed E-state index contributed by atoms with van der Waals surface area (Å²) in [5.41, 5.74) is 11.1. The molecule has 56 heavy (non-hydrogen) atoms. The van der Waals surface area contributed by atoms with E-state index in [4.69, 9.17) is 4.42 Å². The minimum atomic E-state index is -0.113. The van der Waals surface area contributed by atoms with Crippen molar-refractivity contribution in [1.82, 2.24) is 0 Å². The van der Waals surface area contributed by atoms with Crippen LogP contribution in [0.3, 0.4) is 0 Å². The van der Waals surface area contributed by atoms with Crippen molar-refractivity contribution in [3.63, 3.8) is 0 Å². The fourth-order valence-corrected chi connectivity index (χ4v) is 8.58. The number of furan rings is 1. The number of fused-ring (bicyclic) bond motifs is 5. The third-order valence-corrected chi connectivity index (χ3v) is 11.1. The molecule has 0 N–H and O–H groups in total. The van der Waals surface area contributed by atoms with Crippen molar-refractivity contribution >= 4 is 60.3 Å². The van der Waals surface area contributed by atoms with Crippen molar-refractivity contribution in [3.05, 3.63) is 200 Å². The van der Waals surface area contributed by atoms with Crippen LogP contribution in [0, 0.1) is 0 Å². The lowest BCUT2D eigenvalue weighted by atomic mass is 9.83. The summed E-state index contributed by atoms with van der Waals surface area (Å²) >= 11 is 0. The molecule has 0 radical (unpaired) electrons. The Labute approximate surface area is 327 Å². The van der Waals surface area contributed by atoms with Crippen molar-refractivity contribution in [2.45, 2.75) is 26.2 Å². The van der Waals surface area contributed by atoms with Crippen LogP contribution in [0.25, 0.3) is 76.9 Å². The van der Waals surface area contributed by atoms with Gasteiger partial charge in [0, 0.05) is 33.6 Å². The molecule has 1 heterocycles. The van der Waals surface area contributed by atoms with Crippen LogP contribution in [0.5, 0.6) is 0 Å². The molecule has 0 aliphatic carbocycles. The van der Waals surface area contributed by atoms with E-state index in [9.17, 15) is 0 Å². The fourth-order valence-electron chi connectivity index (χ4n) is 8.58.